The van der Waals surface area contributed by atoms with Crippen molar-refractivity contribution in [2.45, 2.75) is 20.0 Å². The first-order valence-corrected chi connectivity index (χ1v) is 6.22. The molecule has 0 aliphatic rings. The molecule has 90 valence electrons. The maximum Gasteiger partial charge on any atom is 0.127 e. The lowest BCUT2D eigenvalue weighted by atomic mass is 10.2. The number of hydrogen-bond donors (Lipinski definition) is 1. The lowest BCUT2D eigenvalue weighted by Gasteiger charge is -2.05. The van der Waals surface area contributed by atoms with Crippen LogP contribution in [0.15, 0.2) is 29.6 Å². The van der Waals surface area contributed by atoms with Crippen molar-refractivity contribution >= 4 is 11.3 Å². The third kappa shape index (κ3) is 3.11. The highest BCUT2D eigenvalue weighted by Crippen LogP contribution is 2.15. The molecular weight excluding hydrogens is 240 g/mol. The number of hydrogen-bond acceptors (Lipinski definition) is 2. The summed E-state index contributed by atoms with van der Waals surface area (Å²) >= 11 is 1.66. The molecule has 17 heavy (non-hydrogen) atoms. The highest BCUT2D eigenvalue weighted by Gasteiger charge is 2.04. The van der Waals surface area contributed by atoms with Crippen molar-refractivity contribution in [2.75, 3.05) is 0 Å². The molecule has 2 aromatic rings. The first-order valence-electron chi connectivity index (χ1n) is 5.34. The topological polar surface area (TPSA) is 12.0 Å². The molecule has 0 fully saturated rings. The fraction of sp³-hybridized carbons (Fsp3) is 0.231. The van der Waals surface area contributed by atoms with E-state index in [-0.39, 0.29) is 5.82 Å². The number of thiophene rings is 1. The van der Waals surface area contributed by atoms with E-state index in [0.29, 0.717) is 18.7 Å². The first kappa shape index (κ1) is 12.2. The summed E-state index contributed by atoms with van der Waals surface area (Å²) in [6.07, 6.45) is 0. The van der Waals surface area contributed by atoms with E-state index in [4.69, 9.17) is 0 Å². The molecule has 1 aromatic carbocycles. The number of nitrogens with one attached hydrogen (secondary N) is 1. The first-order chi connectivity index (χ1) is 8.16. The van der Waals surface area contributed by atoms with E-state index in [1.165, 1.54) is 16.5 Å². The van der Waals surface area contributed by atoms with Gasteiger partial charge < -0.3 is 5.32 Å². The van der Waals surface area contributed by atoms with Gasteiger partial charge in [0.2, 0.25) is 0 Å². The lowest BCUT2D eigenvalue weighted by Crippen LogP contribution is -2.13. The Kier molecular flexibility index (Phi) is 3.86. The van der Waals surface area contributed by atoms with Gasteiger partial charge in [0, 0.05) is 23.5 Å². The summed E-state index contributed by atoms with van der Waals surface area (Å²) in [6, 6.07) is 5.55. The monoisotopic (exact) mass is 253 g/mol. The third-order valence-corrected chi connectivity index (χ3v) is 3.60. The van der Waals surface area contributed by atoms with Gasteiger partial charge in [0.15, 0.2) is 0 Å². The Morgan fingerprint density at radius 1 is 1.18 bits per heavy atom. The number of aryl methyl sites for hydroxylation is 1. The Balaban J connectivity index is 1.94. The van der Waals surface area contributed by atoms with Crippen LogP contribution in [0.25, 0.3) is 0 Å². The third-order valence-electron chi connectivity index (χ3n) is 2.58. The fourth-order valence-electron chi connectivity index (χ4n) is 1.57. The molecule has 0 aliphatic carbocycles. The molecule has 0 unspecified atom stereocenters. The van der Waals surface area contributed by atoms with Crippen LogP contribution >= 0.6 is 11.3 Å². The largest absolute Gasteiger partial charge is 0.308 e. The Morgan fingerprint density at radius 3 is 2.71 bits per heavy atom. The minimum absolute atomic E-state index is 0.334. The highest BCUT2D eigenvalue weighted by molar-refractivity contribution is 7.10. The van der Waals surface area contributed by atoms with Crippen LogP contribution in [0, 0.1) is 18.6 Å². The zero-order valence-corrected chi connectivity index (χ0v) is 10.3. The van der Waals surface area contributed by atoms with Crippen molar-refractivity contribution in [3.8, 4) is 0 Å². The van der Waals surface area contributed by atoms with E-state index in [2.05, 4.69) is 5.32 Å². The second-order valence-corrected chi connectivity index (χ2v) is 4.87. The molecule has 1 heterocycles. The van der Waals surface area contributed by atoms with Crippen molar-refractivity contribution in [3.63, 3.8) is 0 Å². The minimum Gasteiger partial charge on any atom is -0.308 e. The number of rotatable bonds is 4. The van der Waals surface area contributed by atoms with Gasteiger partial charge in [-0.2, -0.15) is 0 Å². The molecule has 0 atom stereocenters. The van der Waals surface area contributed by atoms with E-state index in [0.717, 1.165) is 12.1 Å². The summed E-state index contributed by atoms with van der Waals surface area (Å²) in [5.74, 6) is -0.780. The summed E-state index contributed by atoms with van der Waals surface area (Å²) in [5.41, 5.74) is 1.58. The van der Waals surface area contributed by atoms with Crippen LogP contribution in [0.1, 0.15) is 16.0 Å². The van der Waals surface area contributed by atoms with Crippen LogP contribution in [-0.4, -0.2) is 0 Å². The molecule has 0 spiro atoms. The van der Waals surface area contributed by atoms with Gasteiger partial charge in [-0.3, -0.25) is 0 Å². The molecule has 1 nitrogen and oxygen atoms in total. The summed E-state index contributed by atoms with van der Waals surface area (Å²) in [5, 5.41) is 5.14. The molecule has 0 aliphatic heterocycles. The highest BCUT2D eigenvalue weighted by atomic mass is 32.1. The summed E-state index contributed by atoms with van der Waals surface area (Å²) in [7, 11) is 0. The predicted molar refractivity (Wildman–Crippen MR) is 66.0 cm³/mol. The van der Waals surface area contributed by atoms with Gasteiger partial charge in [-0.15, -0.1) is 11.3 Å². The summed E-state index contributed by atoms with van der Waals surface area (Å²) < 4.78 is 26.2. The Morgan fingerprint density at radius 2 is 2.00 bits per heavy atom. The van der Waals surface area contributed by atoms with Crippen molar-refractivity contribution < 1.29 is 8.78 Å². The maximum absolute atomic E-state index is 13.3. The average molecular weight is 253 g/mol. The smallest absolute Gasteiger partial charge is 0.127 e. The SMILES string of the molecule is Cc1ccsc1CNCc1cc(F)ccc1F. The molecule has 4 heteroatoms. The summed E-state index contributed by atoms with van der Waals surface area (Å²) in [4.78, 5) is 1.22. The van der Waals surface area contributed by atoms with Crippen LogP contribution in [0.2, 0.25) is 0 Å². The van der Waals surface area contributed by atoms with Gasteiger partial charge in [-0.25, -0.2) is 8.78 Å². The van der Waals surface area contributed by atoms with Crippen molar-refractivity contribution in [1.29, 1.82) is 0 Å². The van der Waals surface area contributed by atoms with Gasteiger partial charge in [0.05, 0.1) is 0 Å². The standard InChI is InChI=1S/C13H13F2NS/c1-9-4-5-17-13(9)8-16-7-10-6-11(14)2-3-12(10)15/h2-6,16H,7-8H2,1H3. The van der Waals surface area contributed by atoms with Crippen LogP contribution in [-0.2, 0) is 13.1 Å². The van der Waals surface area contributed by atoms with E-state index in [1.54, 1.807) is 11.3 Å². The van der Waals surface area contributed by atoms with Gasteiger partial charge >= 0.3 is 0 Å². The minimum atomic E-state index is -0.407. The second kappa shape index (κ2) is 5.38. The molecule has 1 N–H and O–H groups in total. The van der Waals surface area contributed by atoms with Crippen LogP contribution in [0.4, 0.5) is 8.78 Å². The van der Waals surface area contributed by atoms with Crippen LogP contribution in [0.3, 0.4) is 0 Å². The molecule has 0 bridgehead atoms. The van der Waals surface area contributed by atoms with Gasteiger partial charge in [0.25, 0.3) is 0 Å². The second-order valence-electron chi connectivity index (χ2n) is 3.87. The molecule has 1 aromatic heterocycles. The van der Waals surface area contributed by atoms with Crippen molar-refractivity contribution in [1.82, 2.24) is 5.32 Å². The predicted octanol–water partition coefficient (Wildman–Crippen LogP) is 3.62. The van der Waals surface area contributed by atoms with Crippen LogP contribution < -0.4 is 5.32 Å². The zero-order valence-electron chi connectivity index (χ0n) is 9.47. The van der Waals surface area contributed by atoms with Crippen molar-refractivity contribution in [3.05, 3.63) is 57.3 Å². The molecule has 0 amide bonds. The maximum atomic E-state index is 13.3. The van der Waals surface area contributed by atoms with Crippen LogP contribution in [0.5, 0.6) is 0 Å². The Labute approximate surface area is 103 Å². The summed E-state index contributed by atoms with van der Waals surface area (Å²) in [6.45, 7) is 3.05. The van der Waals surface area contributed by atoms with Gasteiger partial charge in [0.1, 0.15) is 11.6 Å². The van der Waals surface area contributed by atoms with Gasteiger partial charge in [-0.05, 0) is 42.1 Å². The lowest BCUT2D eigenvalue weighted by molar-refractivity contribution is 0.569. The molecule has 0 saturated heterocycles. The molecule has 0 saturated carbocycles. The van der Waals surface area contributed by atoms with Crippen molar-refractivity contribution in [2.24, 2.45) is 0 Å². The van der Waals surface area contributed by atoms with E-state index in [9.17, 15) is 8.78 Å². The normalized spacial score (nSPS) is 10.8. The van der Waals surface area contributed by atoms with Gasteiger partial charge in [-0.1, -0.05) is 0 Å². The zero-order chi connectivity index (χ0) is 12.3. The molecule has 0 radical (unpaired) electrons. The number of halogens is 2. The fourth-order valence-corrected chi connectivity index (χ4v) is 2.45. The Hall–Kier alpha value is -1.26. The van der Waals surface area contributed by atoms with E-state index < -0.39 is 5.82 Å². The van der Waals surface area contributed by atoms with E-state index >= 15 is 0 Å². The Bertz CT molecular complexity index is 508. The number of benzene rings is 1. The average Bonchev–Trinajstić information content (AvgIpc) is 2.70. The van der Waals surface area contributed by atoms with E-state index in [1.807, 2.05) is 18.4 Å². The quantitative estimate of drug-likeness (QED) is 0.877. The molecular formula is C13H13F2NS. The molecule has 2 rings (SSSR count).